The van der Waals surface area contributed by atoms with Gasteiger partial charge in [-0.15, -0.1) is 0 Å². The fourth-order valence-electron chi connectivity index (χ4n) is 1.16. The van der Waals surface area contributed by atoms with Gasteiger partial charge in [-0.25, -0.2) is 0 Å². The van der Waals surface area contributed by atoms with Crippen molar-refractivity contribution in [1.29, 1.82) is 0 Å². The number of hydrogen-bond donors (Lipinski definition) is 0. The zero-order chi connectivity index (χ0) is 9.35. The Balaban J connectivity index is 2.29. The summed E-state index contributed by atoms with van der Waals surface area (Å²) in [6.07, 6.45) is 0.987. The lowest BCUT2D eigenvalue weighted by atomic mass is 10.4. The van der Waals surface area contributed by atoms with Crippen LogP contribution in [0.5, 0.6) is 0 Å². The normalized spacial score (nSPS) is 28.3. The molecule has 0 aliphatic heterocycles. The number of ether oxygens (including phenoxy) is 1. The molecular weight excluding hydrogens is 172 g/mol. The molecule has 0 heterocycles. The summed E-state index contributed by atoms with van der Waals surface area (Å²) in [7, 11) is -0.0431. The van der Waals surface area contributed by atoms with Gasteiger partial charge in [0.05, 0.1) is 19.1 Å². The van der Waals surface area contributed by atoms with Crippen LogP contribution in [0.4, 0.5) is 0 Å². The SMILES string of the molecule is COC(=O)[C@H]1C[C@@H]1O[Si](C)(C)C. The minimum Gasteiger partial charge on any atom is -0.469 e. The Kier molecular flexibility index (Phi) is 2.58. The zero-order valence-electron chi connectivity index (χ0n) is 8.09. The highest BCUT2D eigenvalue weighted by molar-refractivity contribution is 6.69. The maximum Gasteiger partial charge on any atom is 0.311 e. The molecule has 2 atom stereocenters. The molecule has 1 fully saturated rings. The van der Waals surface area contributed by atoms with Gasteiger partial charge in [0.25, 0.3) is 0 Å². The molecule has 1 rings (SSSR count). The van der Waals surface area contributed by atoms with E-state index in [0.717, 1.165) is 6.42 Å². The summed E-state index contributed by atoms with van der Waals surface area (Å²) in [5.74, 6) is -0.111. The van der Waals surface area contributed by atoms with Crippen molar-refractivity contribution in [2.45, 2.75) is 32.2 Å². The van der Waals surface area contributed by atoms with E-state index in [1.165, 1.54) is 7.11 Å². The number of carbonyl (C=O) groups excluding carboxylic acids is 1. The summed E-state index contributed by atoms with van der Waals surface area (Å²) < 4.78 is 10.3. The summed E-state index contributed by atoms with van der Waals surface area (Å²) in [6, 6.07) is 0. The third-order valence-corrected chi connectivity index (χ3v) is 2.75. The average molecular weight is 188 g/mol. The van der Waals surface area contributed by atoms with Crippen LogP contribution in [0.3, 0.4) is 0 Å². The number of esters is 1. The van der Waals surface area contributed by atoms with Gasteiger partial charge in [0.2, 0.25) is 0 Å². The van der Waals surface area contributed by atoms with E-state index in [1.54, 1.807) is 0 Å². The van der Waals surface area contributed by atoms with Crippen LogP contribution in [0.25, 0.3) is 0 Å². The molecule has 1 aliphatic rings. The maximum atomic E-state index is 11.0. The summed E-state index contributed by atoms with van der Waals surface area (Å²) in [6.45, 7) is 6.37. The van der Waals surface area contributed by atoms with Gasteiger partial charge in [-0.3, -0.25) is 4.79 Å². The quantitative estimate of drug-likeness (QED) is 0.496. The zero-order valence-corrected chi connectivity index (χ0v) is 9.09. The fraction of sp³-hybridized carbons (Fsp3) is 0.875. The predicted octanol–water partition coefficient (Wildman–Crippen LogP) is 1.40. The van der Waals surface area contributed by atoms with Crippen molar-refractivity contribution in [3.63, 3.8) is 0 Å². The van der Waals surface area contributed by atoms with Gasteiger partial charge >= 0.3 is 5.97 Å². The molecule has 0 bridgehead atoms. The lowest BCUT2D eigenvalue weighted by Crippen LogP contribution is -2.27. The van der Waals surface area contributed by atoms with Gasteiger partial charge in [-0.2, -0.15) is 0 Å². The summed E-state index contributed by atoms with van der Waals surface area (Å²) in [4.78, 5) is 11.0. The van der Waals surface area contributed by atoms with E-state index >= 15 is 0 Å². The molecule has 70 valence electrons. The van der Waals surface area contributed by atoms with Crippen LogP contribution in [0.1, 0.15) is 6.42 Å². The first-order valence-corrected chi connectivity index (χ1v) is 7.60. The minimum absolute atomic E-state index is 0.0155. The Morgan fingerprint density at radius 3 is 2.42 bits per heavy atom. The van der Waals surface area contributed by atoms with E-state index < -0.39 is 8.32 Å². The van der Waals surface area contributed by atoms with Crippen molar-refractivity contribution >= 4 is 14.3 Å². The molecule has 0 aromatic heterocycles. The Morgan fingerprint density at radius 1 is 1.42 bits per heavy atom. The van der Waals surface area contributed by atoms with E-state index in [0.29, 0.717) is 0 Å². The molecule has 0 spiro atoms. The molecule has 4 heteroatoms. The van der Waals surface area contributed by atoms with Crippen LogP contribution in [-0.4, -0.2) is 27.5 Å². The van der Waals surface area contributed by atoms with E-state index in [9.17, 15) is 4.79 Å². The van der Waals surface area contributed by atoms with Crippen LogP contribution in [0.2, 0.25) is 19.6 Å². The molecule has 0 saturated heterocycles. The van der Waals surface area contributed by atoms with Gasteiger partial charge in [0.1, 0.15) is 0 Å². The molecule has 12 heavy (non-hydrogen) atoms. The van der Waals surface area contributed by atoms with Gasteiger partial charge in [-0.05, 0) is 26.1 Å². The van der Waals surface area contributed by atoms with Crippen molar-refractivity contribution in [1.82, 2.24) is 0 Å². The highest BCUT2D eigenvalue weighted by Gasteiger charge is 2.46. The third kappa shape index (κ3) is 2.60. The third-order valence-electron chi connectivity index (χ3n) is 1.74. The van der Waals surface area contributed by atoms with Gasteiger partial charge < -0.3 is 9.16 Å². The standard InChI is InChI=1S/C8H16O3Si/c1-10-8(9)6-5-7(6)11-12(2,3)4/h6-7H,5H2,1-4H3/t6-,7-/m0/s1. The number of methoxy groups -OCH3 is 1. The van der Waals surface area contributed by atoms with Crippen molar-refractivity contribution in [3.8, 4) is 0 Å². The molecule has 0 radical (unpaired) electrons. The molecule has 0 amide bonds. The Morgan fingerprint density at radius 2 is 2.00 bits per heavy atom. The highest BCUT2D eigenvalue weighted by atomic mass is 28.4. The second kappa shape index (κ2) is 3.18. The summed E-state index contributed by atoms with van der Waals surface area (Å²) in [5.41, 5.74) is 0. The first-order valence-electron chi connectivity index (χ1n) is 4.19. The average Bonchev–Trinajstić information content (AvgIpc) is 2.62. The van der Waals surface area contributed by atoms with Crippen molar-refractivity contribution < 1.29 is 14.0 Å². The Labute approximate surface area is 74.2 Å². The van der Waals surface area contributed by atoms with Crippen LogP contribution >= 0.6 is 0 Å². The molecule has 1 saturated carbocycles. The molecule has 3 nitrogen and oxygen atoms in total. The van der Waals surface area contributed by atoms with Crippen LogP contribution < -0.4 is 0 Å². The molecule has 0 aromatic rings. The molecule has 1 aliphatic carbocycles. The van der Waals surface area contributed by atoms with Crippen LogP contribution in [0.15, 0.2) is 0 Å². The lowest BCUT2D eigenvalue weighted by molar-refractivity contribution is -0.142. The smallest absolute Gasteiger partial charge is 0.311 e. The highest BCUT2D eigenvalue weighted by Crippen LogP contribution is 2.36. The van der Waals surface area contributed by atoms with Crippen molar-refractivity contribution in [3.05, 3.63) is 0 Å². The van der Waals surface area contributed by atoms with Crippen LogP contribution in [-0.2, 0) is 14.0 Å². The van der Waals surface area contributed by atoms with Crippen molar-refractivity contribution in [2.24, 2.45) is 5.92 Å². The maximum absolute atomic E-state index is 11.0. The minimum atomic E-state index is -1.47. The summed E-state index contributed by atoms with van der Waals surface area (Å²) in [5, 5.41) is 0. The van der Waals surface area contributed by atoms with Crippen molar-refractivity contribution in [2.75, 3.05) is 7.11 Å². The Hall–Kier alpha value is -0.353. The van der Waals surface area contributed by atoms with Crippen LogP contribution in [0, 0.1) is 5.92 Å². The topological polar surface area (TPSA) is 35.5 Å². The summed E-state index contributed by atoms with van der Waals surface area (Å²) >= 11 is 0. The van der Waals surface area contributed by atoms with E-state index in [1.807, 2.05) is 0 Å². The van der Waals surface area contributed by atoms with E-state index in [-0.39, 0.29) is 18.0 Å². The number of hydrogen-bond acceptors (Lipinski definition) is 3. The lowest BCUT2D eigenvalue weighted by Gasteiger charge is -2.16. The van der Waals surface area contributed by atoms with Gasteiger partial charge in [0, 0.05) is 0 Å². The molecular formula is C8H16O3Si. The van der Waals surface area contributed by atoms with Gasteiger partial charge in [-0.1, -0.05) is 0 Å². The first kappa shape index (κ1) is 9.73. The fourth-order valence-corrected chi connectivity index (χ4v) is 2.32. The van der Waals surface area contributed by atoms with Gasteiger partial charge in [0.15, 0.2) is 8.32 Å². The number of carbonyl (C=O) groups is 1. The number of rotatable bonds is 3. The van der Waals surface area contributed by atoms with E-state index in [4.69, 9.17) is 4.43 Å². The predicted molar refractivity (Wildman–Crippen MR) is 48.3 cm³/mol. The monoisotopic (exact) mass is 188 g/mol. The largest absolute Gasteiger partial charge is 0.469 e. The first-order chi connectivity index (χ1) is 5.44. The molecule has 0 aromatic carbocycles. The second-order valence-corrected chi connectivity index (χ2v) is 8.59. The second-order valence-electron chi connectivity index (χ2n) is 4.13. The Bertz CT molecular complexity index is 185. The molecule has 0 unspecified atom stereocenters. The van der Waals surface area contributed by atoms with E-state index in [2.05, 4.69) is 24.4 Å². The molecule has 0 N–H and O–H groups in total.